The molecule has 0 aliphatic carbocycles. The van der Waals surface area contributed by atoms with Crippen LogP contribution in [0.1, 0.15) is 42.2 Å². The van der Waals surface area contributed by atoms with Crippen molar-refractivity contribution in [3.05, 3.63) is 65.7 Å². The molecule has 0 aliphatic rings. The minimum absolute atomic E-state index is 0.0232. The molecule has 1 amide bonds. The van der Waals surface area contributed by atoms with Crippen LogP contribution in [0.5, 0.6) is 5.75 Å². The van der Waals surface area contributed by atoms with Crippen LogP contribution in [-0.4, -0.2) is 30.9 Å². The zero-order chi connectivity index (χ0) is 19.6. The summed E-state index contributed by atoms with van der Waals surface area (Å²) in [6.07, 6.45) is 0.0238. The molecule has 0 spiro atoms. The summed E-state index contributed by atoms with van der Waals surface area (Å²) >= 11 is 0. The molecule has 0 aliphatic heterocycles. The fraction of sp³-hybridized carbons (Fsp3) is 0.286. The number of hydrogen-bond donors (Lipinski definition) is 1. The highest BCUT2D eigenvalue weighted by Crippen LogP contribution is 2.13. The number of nitrogens with one attached hydrogen (secondary N) is 1. The zero-order valence-corrected chi connectivity index (χ0v) is 15.4. The summed E-state index contributed by atoms with van der Waals surface area (Å²) in [5.74, 6) is -0.342. The number of amides is 1. The molecule has 142 valence electrons. The predicted molar refractivity (Wildman–Crippen MR) is 101 cm³/mol. The third-order valence-electron chi connectivity index (χ3n) is 3.88. The maximum atomic E-state index is 11.9. The van der Waals surface area contributed by atoms with Crippen LogP contribution in [0.2, 0.25) is 0 Å². The van der Waals surface area contributed by atoms with Crippen LogP contribution in [-0.2, 0) is 14.3 Å². The molecule has 0 saturated heterocycles. The number of ether oxygens (including phenoxy) is 2. The molecular weight excluding hydrogens is 346 g/mol. The maximum absolute atomic E-state index is 11.9. The largest absolute Gasteiger partial charge is 0.493 e. The van der Waals surface area contributed by atoms with E-state index in [1.165, 1.54) is 6.92 Å². The number of Topliss-reactive ketones (excluding diaryl/α,β-unsaturated/α-hetero) is 1. The first-order chi connectivity index (χ1) is 13.0. The van der Waals surface area contributed by atoms with Crippen molar-refractivity contribution in [2.24, 2.45) is 0 Å². The minimum atomic E-state index is -0.516. The number of benzene rings is 2. The van der Waals surface area contributed by atoms with Gasteiger partial charge in [-0.15, -0.1) is 0 Å². The summed E-state index contributed by atoms with van der Waals surface area (Å²) in [6, 6.07) is 16.0. The van der Waals surface area contributed by atoms with Crippen LogP contribution in [0.15, 0.2) is 54.6 Å². The van der Waals surface area contributed by atoms with Crippen molar-refractivity contribution in [1.82, 2.24) is 5.32 Å². The van der Waals surface area contributed by atoms with Gasteiger partial charge >= 0.3 is 5.97 Å². The quantitative estimate of drug-likeness (QED) is 0.543. The van der Waals surface area contributed by atoms with E-state index in [2.05, 4.69) is 5.32 Å². The van der Waals surface area contributed by atoms with Crippen molar-refractivity contribution < 1.29 is 23.9 Å². The zero-order valence-electron chi connectivity index (χ0n) is 15.4. The van der Waals surface area contributed by atoms with Gasteiger partial charge in [0.05, 0.1) is 19.1 Å². The lowest BCUT2D eigenvalue weighted by Gasteiger charge is -2.14. The lowest BCUT2D eigenvalue weighted by Crippen LogP contribution is -2.31. The second kappa shape index (κ2) is 10.1. The maximum Gasteiger partial charge on any atom is 0.309 e. The standard InChI is InChI=1S/C21H23NO5/c1-15(17-6-4-3-5-7-17)22-20(24)14-27-21(25)12-13-26-19-10-8-18(9-11-19)16(2)23/h3-11,15H,12-14H2,1-2H3,(H,22,24). The highest BCUT2D eigenvalue weighted by atomic mass is 16.5. The van der Waals surface area contributed by atoms with Crippen LogP contribution in [0, 0.1) is 0 Å². The average Bonchev–Trinajstić information content (AvgIpc) is 2.67. The van der Waals surface area contributed by atoms with E-state index in [0.29, 0.717) is 11.3 Å². The smallest absolute Gasteiger partial charge is 0.309 e. The van der Waals surface area contributed by atoms with E-state index in [4.69, 9.17) is 9.47 Å². The molecule has 2 rings (SSSR count). The molecule has 1 unspecified atom stereocenters. The molecule has 6 heteroatoms. The summed E-state index contributed by atoms with van der Waals surface area (Å²) in [4.78, 5) is 34.8. The fourth-order valence-corrected chi connectivity index (χ4v) is 2.36. The van der Waals surface area contributed by atoms with Crippen molar-refractivity contribution in [2.45, 2.75) is 26.3 Å². The monoisotopic (exact) mass is 369 g/mol. The molecule has 27 heavy (non-hydrogen) atoms. The van der Waals surface area contributed by atoms with Gasteiger partial charge in [-0.25, -0.2) is 0 Å². The van der Waals surface area contributed by atoms with Crippen molar-refractivity contribution in [1.29, 1.82) is 0 Å². The molecule has 1 atom stereocenters. The Morgan fingerprint density at radius 2 is 1.67 bits per heavy atom. The molecule has 0 fully saturated rings. The first-order valence-electron chi connectivity index (χ1n) is 8.69. The van der Waals surface area contributed by atoms with Crippen LogP contribution < -0.4 is 10.1 Å². The minimum Gasteiger partial charge on any atom is -0.493 e. The van der Waals surface area contributed by atoms with E-state index < -0.39 is 5.97 Å². The molecule has 6 nitrogen and oxygen atoms in total. The third kappa shape index (κ3) is 6.93. The Bertz CT molecular complexity index is 771. The van der Waals surface area contributed by atoms with E-state index in [1.54, 1.807) is 24.3 Å². The van der Waals surface area contributed by atoms with Gasteiger partial charge in [0.2, 0.25) is 0 Å². The fourth-order valence-electron chi connectivity index (χ4n) is 2.36. The molecule has 2 aromatic carbocycles. The lowest BCUT2D eigenvalue weighted by atomic mass is 10.1. The average molecular weight is 369 g/mol. The van der Waals surface area contributed by atoms with Crippen molar-refractivity contribution in [3.63, 3.8) is 0 Å². The Hall–Kier alpha value is -3.15. The Kier molecular flexibility index (Phi) is 7.55. The molecule has 0 aromatic heterocycles. The van der Waals surface area contributed by atoms with Gasteiger partial charge in [0.25, 0.3) is 5.91 Å². The SMILES string of the molecule is CC(=O)c1ccc(OCCC(=O)OCC(=O)NC(C)c2ccccc2)cc1. The molecule has 0 bridgehead atoms. The van der Waals surface area contributed by atoms with Gasteiger partial charge < -0.3 is 14.8 Å². The van der Waals surface area contributed by atoms with Crippen molar-refractivity contribution >= 4 is 17.7 Å². The normalized spacial score (nSPS) is 11.3. The van der Waals surface area contributed by atoms with Gasteiger partial charge in [0.15, 0.2) is 12.4 Å². The van der Waals surface area contributed by atoms with Gasteiger partial charge in [-0.3, -0.25) is 14.4 Å². The first kappa shape index (κ1) is 20.2. The van der Waals surface area contributed by atoms with Crippen molar-refractivity contribution in [2.75, 3.05) is 13.2 Å². The number of carbonyl (C=O) groups excluding carboxylic acids is 3. The topological polar surface area (TPSA) is 81.7 Å². The van der Waals surface area contributed by atoms with E-state index in [1.807, 2.05) is 37.3 Å². The molecule has 1 N–H and O–H groups in total. The summed E-state index contributed by atoms with van der Waals surface area (Å²) in [5, 5.41) is 2.77. The predicted octanol–water partition coefficient (Wildman–Crippen LogP) is 3.08. The van der Waals surface area contributed by atoms with Crippen LogP contribution >= 0.6 is 0 Å². The first-order valence-corrected chi connectivity index (χ1v) is 8.69. The van der Waals surface area contributed by atoms with E-state index in [0.717, 1.165) is 5.56 Å². The van der Waals surface area contributed by atoms with Gasteiger partial charge in [-0.2, -0.15) is 0 Å². The molecule has 0 heterocycles. The Morgan fingerprint density at radius 3 is 2.30 bits per heavy atom. The Balaban J connectivity index is 1.65. The number of carbonyl (C=O) groups is 3. The van der Waals surface area contributed by atoms with Crippen LogP contribution in [0.25, 0.3) is 0 Å². The van der Waals surface area contributed by atoms with Crippen LogP contribution in [0.4, 0.5) is 0 Å². The number of rotatable bonds is 9. The molecule has 0 saturated carbocycles. The molecule has 2 aromatic rings. The van der Waals surface area contributed by atoms with Gasteiger partial charge in [-0.1, -0.05) is 30.3 Å². The second-order valence-electron chi connectivity index (χ2n) is 6.04. The van der Waals surface area contributed by atoms with E-state index in [9.17, 15) is 14.4 Å². The van der Waals surface area contributed by atoms with Gasteiger partial charge in [0, 0.05) is 5.56 Å². The second-order valence-corrected chi connectivity index (χ2v) is 6.04. The molecule has 0 radical (unpaired) electrons. The lowest BCUT2D eigenvalue weighted by molar-refractivity contribution is -0.149. The van der Waals surface area contributed by atoms with Crippen molar-refractivity contribution in [3.8, 4) is 5.75 Å². The van der Waals surface area contributed by atoms with Gasteiger partial charge in [0.1, 0.15) is 5.75 Å². The number of hydrogen-bond acceptors (Lipinski definition) is 5. The summed E-state index contributed by atoms with van der Waals surface area (Å²) in [7, 11) is 0. The highest BCUT2D eigenvalue weighted by molar-refractivity contribution is 5.94. The number of esters is 1. The van der Waals surface area contributed by atoms with Crippen LogP contribution in [0.3, 0.4) is 0 Å². The van der Waals surface area contributed by atoms with E-state index in [-0.39, 0.29) is 37.4 Å². The van der Waals surface area contributed by atoms with E-state index >= 15 is 0 Å². The summed E-state index contributed by atoms with van der Waals surface area (Å²) in [5.41, 5.74) is 1.57. The summed E-state index contributed by atoms with van der Waals surface area (Å²) in [6.45, 7) is 3.15. The number of ketones is 1. The highest BCUT2D eigenvalue weighted by Gasteiger charge is 2.12. The third-order valence-corrected chi connectivity index (χ3v) is 3.88. The Labute approximate surface area is 158 Å². The summed E-state index contributed by atoms with van der Waals surface area (Å²) < 4.78 is 10.4. The molecular formula is C21H23NO5. The Morgan fingerprint density at radius 1 is 1.00 bits per heavy atom. The van der Waals surface area contributed by atoms with Gasteiger partial charge in [-0.05, 0) is 43.7 Å².